The van der Waals surface area contributed by atoms with Crippen LogP contribution in [-0.2, 0) is 6.54 Å². The maximum absolute atomic E-state index is 4.41. The number of nitrogens with one attached hydrogen (secondary N) is 1. The Morgan fingerprint density at radius 3 is 3.11 bits per heavy atom. The van der Waals surface area contributed by atoms with Gasteiger partial charge in [0, 0.05) is 29.4 Å². The molecule has 0 amide bonds. The average molecular weight is 257 g/mol. The van der Waals surface area contributed by atoms with Gasteiger partial charge in [0.1, 0.15) is 5.82 Å². The minimum absolute atomic E-state index is 0.432. The molecule has 1 aliphatic rings. The number of benzene rings is 1. The largest absolute Gasteiger partial charge is 0.303 e. The fourth-order valence-corrected chi connectivity index (χ4v) is 3.36. The van der Waals surface area contributed by atoms with Gasteiger partial charge in [-0.3, -0.25) is 0 Å². The lowest BCUT2D eigenvalue weighted by Gasteiger charge is -2.12. The molecule has 0 aliphatic carbocycles. The first-order valence-corrected chi connectivity index (χ1v) is 7.05. The Hall–Kier alpha value is -1.39. The molecule has 1 aromatic heterocycles. The average Bonchev–Trinajstić information content (AvgIpc) is 2.80. The molecule has 2 aromatic rings. The van der Waals surface area contributed by atoms with Crippen LogP contribution in [-0.4, -0.2) is 15.7 Å². The topological polar surface area (TPSA) is 37.8 Å². The van der Waals surface area contributed by atoms with Gasteiger partial charge in [-0.15, -0.1) is 11.8 Å². The predicted octanol–water partition coefficient (Wildman–Crippen LogP) is 2.72. The van der Waals surface area contributed by atoms with Crippen LogP contribution in [0.4, 0.5) is 0 Å². The summed E-state index contributed by atoms with van der Waals surface area (Å²) >= 11 is 1.92. The first-order chi connectivity index (χ1) is 8.83. The van der Waals surface area contributed by atoms with E-state index in [0.717, 1.165) is 23.8 Å². The highest BCUT2D eigenvalue weighted by Crippen LogP contribution is 2.37. The quantitative estimate of drug-likeness (QED) is 0.917. The second-order valence-electron chi connectivity index (χ2n) is 4.38. The first kappa shape index (κ1) is 11.7. The van der Waals surface area contributed by atoms with Gasteiger partial charge in [-0.2, -0.15) is 0 Å². The van der Waals surface area contributed by atoms with E-state index < -0.39 is 0 Å². The van der Waals surface area contributed by atoms with E-state index in [1.807, 2.05) is 30.9 Å². The molecule has 3 nitrogen and oxygen atoms in total. The van der Waals surface area contributed by atoms with Crippen LogP contribution in [0.15, 0.2) is 41.4 Å². The van der Waals surface area contributed by atoms with E-state index in [0.29, 0.717) is 6.04 Å². The number of hydrogen-bond donors (Lipinski definition) is 1. The van der Waals surface area contributed by atoms with E-state index in [4.69, 9.17) is 0 Å². The van der Waals surface area contributed by atoms with Crippen LogP contribution in [0, 0.1) is 6.92 Å². The monoisotopic (exact) mass is 257 g/mol. The second kappa shape index (κ2) is 5.08. The molecule has 92 valence electrons. The standard InChI is InChI=1S/C14H15N3S/c1-10-15-7-6-11(17-10)8-16-13-9-18-14-5-3-2-4-12(13)14/h2-7,13,16H,8-9H2,1H3. The number of hydrogen-bond acceptors (Lipinski definition) is 4. The molecule has 1 aromatic carbocycles. The molecule has 0 spiro atoms. The van der Waals surface area contributed by atoms with Crippen LogP contribution in [0.25, 0.3) is 0 Å². The van der Waals surface area contributed by atoms with Crippen molar-refractivity contribution in [2.75, 3.05) is 5.75 Å². The molecule has 18 heavy (non-hydrogen) atoms. The van der Waals surface area contributed by atoms with E-state index >= 15 is 0 Å². The maximum Gasteiger partial charge on any atom is 0.125 e. The fraction of sp³-hybridized carbons (Fsp3) is 0.286. The van der Waals surface area contributed by atoms with E-state index in [2.05, 4.69) is 39.6 Å². The van der Waals surface area contributed by atoms with Gasteiger partial charge in [-0.05, 0) is 24.6 Å². The summed E-state index contributed by atoms with van der Waals surface area (Å²) in [5.41, 5.74) is 2.46. The highest BCUT2D eigenvalue weighted by atomic mass is 32.2. The maximum atomic E-state index is 4.41. The van der Waals surface area contributed by atoms with Crippen LogP contribution in [0.3, 0.4) is 0 Å². The van der Waals surface area contributed by atoms with Gasteiger partial charge in [-0.25, -0.2) is 9.97 Å². The lowest BCUT2D eigenvalue weighted by atomic mass is 10.1. The van der Waals surface area contributed by atoms with Crippen LogP contribution in [0.5, 0.6) is 0 Å². The number of thioether (sulfide) groups is 1. The van der Waals surface area contributed by atoms with Crippen molar-refractivity contribution in [3.63, 3.8) is 0 Å². The Labute approximate surface area is 111 Å². The minimum atomic E-state index is 0.432. The molecule has 1 aliphatic heterocycles. The summed E-state index contributed by atoms with van der Waals surface area (Å²) in [5, 5.41) is 3.57. The Morgan fingerprint density at radius 2 is 2.22 bits per heavy atom. The molecule has 1 atom stereocenters. The summed E-state index contributed by atoms with van der Waals surface area (Å²) in [4.78, 5) is 9.92. The molecule has 0 bridgehead atoms. The Bertz CT molecular complexity index is 556. The van der Waals surface area contributed by atoms with Crippen LogP contribution in [0.1, 0.15) is 23.1 Å². The zero-order valence-corrected chi connectivity index (χ0v) is 11.1. The van der Waals surface area contributed by atoms with E-state index in [1.165, 1.54) is 10.5 Å². The van der Waals surface area contributed by atoms with Crippen molar-refractivity contribution in [2.24, 2.45) is 0 Å². The third-order valence-corrected chi connectivity index (χ3v) is 4.25. The second-order valence-corrected chi connectivity index (χ2v) is 5.44. The smallest absolute Gasteiger partial charge is 0.125 e. The molecule has 0 saturated carbocycles. The molecule has 3 rings (SSSR count). The fourth-order valence-electron chi connectivity index (χ4n) is 2.16. The Kier molecular flexibility index (Phi) is 3.30. The van der Waals surface area contributed by atoms with E-state index in [9.17, 15) is 0 Å². The molecule has 0 radical (unpaired) electrons. The van der Waals surface area contributed by atoms with Crippen molar-refractivity contribution in [3.8, 4) is 0 Å². The van der Waals surface area contributed by atoms with Gasteiger partial charge in [-0.1, -0.05) is 18.2 Å². The highest BCUT2D eigenvalue weighted by Gasteiger charge is 2.21. The van der Waals surface area contributed by atoms with Crippen molar-refractivity contribution in [1.29, 1.82) is 0 Å². The Morgan fingerprint density at radius 1 is 1.33 bits per heavy atom. The lowest BCUT2D eigenvalue weighted by Crippen LogP contribution is -2.21. The summed E-state index contributed by atoms with van der Waals surface area (Å²) in [7, 11) is 0. The molecule has 1 N–H and O–H groups in total. The molecule has 2 heterocycles. The molecule has 0 saturated heterocycles. The molecular weight excluding hydrogens is 242 g/mol. The number of aryl methyl sites for hydroxylation is 1. The molecule has 4 heteroatoms. The van der Waals surface area contributed by atoms with Gasteiger partial charge < -0.3 is 5.32 Å². The van der Waals surface area contributed by atoms with Crippen LogP contribution >= 0.6 is 11.8 Å². The lowest BCUT2D eigenvalue weighted by molar-refractivity contribution is 0.574. The number of nitrogens with zero attached hydrogens (tertiary/aromatic N) is 2. The summed E-state index contributed by atoms with van der Waals surface area (Å²) < 4.78 is 0. The van der Waals surface area contributed by atoms with Gasteiger partial charge in [0.15, 0.2) is 0 Å². The van der Waals surface area contributed by atoms with Crippen LogP contribution < -0.4 is 5.32 Å². The minimum Gasteiger partial charge on any atom is -0.303 e. The summed E-state index contributed by atoms with van der Waals surface area (Å²) in [5.74, 6) is 1.93. The number of rotatable bonds is 3. The summed E-state index contributed by atoms with van der Waals surface area (Å²) in [6.45, 7) is 2.72. The number of fused-ring (bicyclic) bond motifs is 1. The van der Waals surface area contributed by atoms with Crippen molar-refractivity contribution in [3.05, 3.63) is 53.6 Å². The normalized spacial score (nSPS) is 17.7. The van der Waals surface area contributed by atoms with Gasteiger partial charge in [0.05, 0.1) is 5.69 Å². The first-order valence-electron chi connectivity index (χ1n) is 6.06. The van der Waals surface area contributed by atoms with Crippen molar-refractivity contribution in [1.82, 2.24) is 15.3 Å². The van der Waals surface area contributed by atoms with Crippen molar-refractivity contribution in [2.45, 2.75) is 24.4 Å². The zero-order chi connectivity index (χ0) is 12.4. The van der Waals surface area contributed by atoms with Crippen LogP contribution in [0.2, 0.25) is 0 Å². The predicted molar refractivity (Wildman–Crippen MR) is 73.5 cm³/mol. The zero-order valence-electron chi connectivity index (χ0n) is 10.3. The SMILES string of the molecule is Cc1nccc(CNC2CSc3ccccc32)n1. The highest BCUT2D eigenvalue weighted by molar-refractivity contribution is 7.99. The van der Waals surface area contributed by atoms with E-state index in [-0.39, 0.29) is 0 Å². The number of aromatic nitrogens is 2. The van der Waals surface area contributed by atoms with E-state index in [1.54, 1.807) is 0 Å². The third-order valence-electron chi connectivity index (χ3n) is 3.06. The molecule has 1 unspecified atom stereocenters. The van der Waals surface area contributed by atoms with Gasteiger partial charge >= 0.3 is 0 Å². The van der Waals surface area contributed by atoms with Crippen molar-refractivity contribution >= 4 is 11.8 Å². The van der Waals surface area contributed by atoms with Gasteiger partial charge in [0.25, 0.3) is 0 Å². The van der Waals surface area contributed by atoms with Gasteiger partial charge in [0.2, 0.25) is 0 Å². The third kappa shape index (κ3) is 2.40. The summed E-state index contributed by atoms with van der Waals surface area (Å²) in [6.07, 6.45) is 1.82. The summed E-state index contributed by atoms with van der Waals surface area (Å²) in [6, 6.07) is 11.0. The van der Waals surface area contributed by atoms with Crippen molar-refractivity contribution < 1.29 is 0 Å². The molecule has 0 fully saturated rings. The Balaban J connectivity index is 1.69. The molecular formula is C14H15N3S.